The van der Waals surface area contributed by atoms with E-state index in [9.17, 15) is 14.4 Å². The Kier molecular flexibility index (Phi) is 6.81. The van der Waals surface area contributed by atoms with Crippen LogP contribution in [0.15, 0.2) is 60.3 Å². The molecule has 0 unspecified atom stereocenters. The molecule has 2 aliphatic heterocycles. The predicted molar refractivity (Wildman–Crippen MR) is 124 cm³/mol. The molecular formula is C24H25ClFN5O. The van der Waals surface area contributed by atoms with E-state index < -0.39 is 0 Å². The van der Waals surface area contributed by atoms with Gasteiger partial charge < -0.3 is 19.6 Å². The molecule has 1 amide bonds. The monoisotopic (exact) mass is 453 g/mol. The van der Waals surface area contributed by atoms with E-state index in [1.807, 2.05) is 29.2 Å². The largest absolute Gasteiger partial charge is 0.373 e. The molecule has 0 aromatic heterocycles. The Hall–Kier alpha value is -3.24. The Morgan fingerprint density at radius 2 is 1.53 bits per heavy atom. The van der Waals surface area contributed by atoms with Gasteiger partial charge in [-0.1, -0.05) is 17.7 Å². The van der Waals surface area contributed by atoms with Crippen molar-refractivity contribution in [3.05, 3.63) is 71.1 Å². The van der Waals surface area contributed by atoms with Crippen LogP contribution in [0.25, 0.3) is 0 Å². The first-order chi connectivity index (χ1) is 15.5. The molecular weight excluding hydrogens is 429 g/mol. The minimum Gasteiger partial charge on any atom is -0.373 e. The molecule has 0 aliphatic carbocycles. The number of hydrogen-bond donors (Lipinski definition) is 0. The van der Waals surface area contributed by atoms with Crippen molar-refractivity contribution in [2.45, 2.75) is 0 Å². The lowest BCUT2D eigenvalue weighted by Gasteiger charge is -2.37. The number of carbonyl (C=O) groups excluding carboxylic acids is 1. The second kappa shape index (κ2) is 9.92. The molecule has 2 aliphatic rings. The van der Waals surface area contributed by atoms with Gasteiger partial charge in [0.15, 0.2) is 0 Å². The lowest BCUT2D eigenvalue weighted by atomic mass is 10.2. The van der Waals surface area contributed by atoms with Crippen LogP contribution in [0, 0.1) is 17.1 Å². The van der Waals surface area contributed by atoms with Gasteiger partial charge in [-0.05, 0) is 42.5 Å². The molecule has 4 rings (SSSR count). The van der Waals surface area contributed by atoms with Gasteiger partial charge in [-0.25, -0.2) is 4.39 Å². The standard InChI is InChI=1S/C24H25ClFN5O/c25-20-2-1-3-23(16-20)30-10-8-28(9-11-30)18-19(17-27)24(32)31-14-12-29(13-15-31)22-6-4-21(26)5-7-22/h1-7,16,18H,8-15H2/b19-18-. The number of hydrogen-bond acceptors (Lipinski definition) is 5. The minimum atomic E-state index is -0.264. The topological polar surface area (TPSA) is 53.8 Å². The molecule has 2 fully saturated rings. The molecule has 0 bridgehead atoms. The number of nitriles is 1. The van der Waals surface area contributed by atoms with Crippen molar-refractivity contribution < 1.29 is 9.18 Å². The number of anilines is 2. The first kappa shape index (κ1) is 22.0. The molecule has 0 atom stereocenters. The van der Waals surface area contributed by atoms with E-state index in [1.165, 1.54) is 12.1 Å². The van der Waals surface area contributed by atoms with E-state index in [-0.39, 0.29) is 17.3 Å². The van der Waals surface area contributed by atoms with Gasteiger partial charge in [-0.15, -0.1) is 0 Å². The normalized spacial score (nSPS) is 17.3. The van der Waals surface area contributed by atoms with Gasteiger partial charge in [0.05, 0.1) is 0 Å². The third-order valence-electron chi connectivity index (χ3n) is 5.91. The smallest absolute Gasteiger partial charge is 0.266 e. The third-order valence-corrected chi connectivity index (χ3v) is 6.14. The first-order valence-corrected chi connectivity index (χ1v) is 11.1. The van der Waals surface area contributed by atoms with Crippen LogP contribution in [0.5, 0.6) is 0 Å². The van der Waals surface area contributed by atoms with Crippen LogP contribution in [0.1, 0.15) is 0 Å². The second-order valence-electron chi connectivity index (χ2n) is 7.91. The molecule has 0 spiro atoms. The van der Waals surface area contributed by atoms with Gasteiger partial charge in [-0.3, -0.25) is 4.79 Å². The summed E-state index contributed by atoms with van der Waals surface area (Å²) >= 11 is 6.10. The zero-order valence-electron chi connectivity index (χ0n) is 17.8. The average molecular weight is 454 g/mol. The van der Waals surface area contributed by atoms with Gasteiger partial charge in [0.2, 0.25) is 0 Å². The number of carbonyl (C=O) groups is 1. The van der Waals surface area contributed by atoms with Crippen molar-refractivity contribution in [2.24, 2.45) is 0 Å². The molecule has 2 saturated heterocycles. The molecule has 2 heterocycles. The van der Waals surface area contributed by atoms with E-state index in [0.29, 0.717) is 31.2 Å². The van der Waals surface area contributed by atoms with E-state index in [2.05, 4.69) is 15.9 Å². The summed E-state index contributed by atoms with van der Waals surface area (Å²) in [6, 6.07) is 16.2. The molecule has 0 saturated carbocycles. The Bertz CT molecular complexity index is 1020. The van der Waals surface area contributed by atoms with Crippen LogP contribution >= 0.6 is 11.6 Å². The van der Waals surface area contributed by atoms with Crippen molar-refractivity contribution >= 4 is 28.9 Å². The van der Waals surface area contributed by atoms with Gasteiger partial charge in [0, 0.05) is 75.0 Å². The quantitative estimate of drug-likeness (QED) is 0.525. The minimum absolute atomic E-state index is 0.163. The molecule has 166 valence electrons. The summed E-state index contributed by atoms with van der Waals surface area (Å²) in [5.74, 6) is -0.497. The van der Waals surface area contributed by atoms with Crippen molar-refractivity contribution in [1.82, 2.24) is 9.80 Å². The summed E-state index contributed by atoms with van der Waals surface area (Å²) in [6.45, 7) is 5.38. The van der Waals surface area contributed by atoms with Crippen LogP contribution < -0.4 is 9.80 Å². The summed E-state index contributed by atoms with van der Waals surface area (Å²) in [4.78, 5) is 21.1. The van der Waals surface area contributed by atoms with E-state index in [1.54, 1.807) is 23.2 Å². The maximum Gasteiger partial charge on any atom is 0.266 e. The highest BCUT2D eigenvalue weighted by atomic mass is 35.5. The van der Waals surface area contributed by atoms with E-state index in [4.69, 9.17) is 11.6 Å². The van der Waals surface area contributed by atoms with E-state index in [0.717, 1.165) is 37.6 Å². The zero-order valence-corrected chi connectivity index (χ0v) is 18.5. The highest BCUT2D eigenvalue weighted by Crippen LogP contribution is 2.21. The van der Waals surface area contributed by atoms with Gasteiger partial charge in [0.25, 0.3) is 5.91 Å². The van der Waals surface area contributed by atoms with Crippen molar-refractivity contribution in [1.29, 1.82) is 5.26 Å². The summed E-state index contributed by atoms with van der Waals surface area (Å²) < 4.78 is 13.1. The number of amides is 1. The summed E-state index contributed by atoms with van der Waals surface area (Å²) in [5, 5.41) is 10.3. The number of piperazine rings is 2. The number of halogens is 2. The fraction of sp³-hybridized carbons (Fsp3) is 0.333. The second-order valence-corrected chi connectivity index (χ2v) is 8.35. The van der Waals surface area contributed by atoms with Crippen LogP contribution in [-0.2, 0) is 4.79 Å². The predicted octanol–water partition coefficient (Wildman–Crippen LogP) is 3.36. The maximum atomic E-state index is 13.1. The molecule has 8 heteroatoms. The summed E-state index contributed by atoms with van der Waals surface area (Å²) in [7, 11) is 0. The molecule has 0 N–H and O–H groups in total. The Labute approximate surface area is 192 Å². The summed E-state index contributed by atoms with van der Waals surface area (Å²) in [6.07, 6.45) is 1.70. The number of rotatable bonds is 4. The van der Waals surface area contributed by atoms with Crippen LogP contribution in [0.3, 0.4) is 0 Å². The SMILES string of the molecule is N#C/C(=C/N1CCN(c2cccc(Cl)c2)CC1)C(=O)N1CCN(c2ccc(F)cc2)CC1. The molecule has 6 nitrogen and oxygen atoms in total. The zero-order chi connectivity index (χ0) is 22.5. The molecule has 2 aromatic carbocycles. The summed E-state index contributed by atoms with van der Waals surface area (Å²) in [5.41, 5.74) is 2.18. The fourth-order valence-corrected chi connectivity index (χ4v) is 4.27. The number of nitrogens with zero attached hydrogens (tertiary/aromatic N) is 5. The lowest BCUT2D eigenvalue weighted by molar-refractivity contribution is -0.127. The third kappa shape index (κ3) is 5.14. The highest BCUT2D eigenvalue weighted by molar-refractivity contribution is 6.30. The Morgan fingerprint density at radius 3 is 2.16 bits per heavy atom. The van der Waals surface area contributed by atoms with Crippen molar-refractivity contribution in [2.75, 3.05) is 62.2 Å². The maximum absolute atomic E-state index is 13.1. The Balaban J connectivity index is 1.32. The first-order valence-electron chi connectivity index (χ1n) is 10.7. The Morgan fingerprint density at radius 1 is 0.906 bits per heavy atom. The van der Waals surface area contributed by atoms with Gasteiger partial charge >= 0.3 is 0 Å². The number of benzene rings is 2. The fourth-order valence-electron chi connectivity index (χ4n) is 4.09. The van der Waals surface area contributed by atoms with Crippen molar-refractivity contribution in [3.8, 4) is 6.07 Å². The average Bonchev–Trinajstić information content (AvgIpc) is 2.83. The van der Waals surface area contributed by atoms with Gasteiger partial charge in [0.1, 0.15) is 17.5 Å². The van der Waals surface area contributed by atoms with E-state index >= 15 is 0 Å². The van der Waals surface area contributed by atoms with Crippen LogP contribution in [0.4, 0.5) is 15.8 Å². The molecule has 2 aromatic rings. The van der Waals surface area contributed by atoms with Crippen molar-refractivity contribution in [3.63, 3.8) is 0 Å². The molecule has 0 radical (unpaired) electrons. The molecule has 32 heavy (non-hydrogen) atoms. The van der Waals surface area contributed by atoms with Crippen LogP contribution in [0.2, 0.25) is 5.02 Å². The van der Waals surface area contributed by atoms with Gasteiger partial charge in [-0.2, -0.15) is 5.26 Å². The highest BCUT2D eigenvalue weighted by Gasteiger charge is 2.25. The lowest BCUT2D eigenvalue weighted by Crippen LogP contribution is -2.49. The van der Waals surface area contributed by atoms with Crippen LogP contribution in [-0.4, -0.2) is 68.1 Å².